The van der Waals surface area contributed by atoms with Crippen LogP contribution in [0.1, 0.15) is 43.0 Å². The van der Waals surface area contributed by atoms with Crippen molar-refractivity contribution in [1.29, 1.82) is 0 Å². The van der Waals surface area contributed by atoms with Crippen molar-refractivity contribution in [3.8, 4) is 11.5 Å². The molecule has 0 aliphatic carbocycles. The van der Waals surface area contributed by atoms with Crippen LogP contribution in [0, 0.1) is 12.7 Å². The SMILES string of the molecule is COc1ccc(C2/C(=C(/O)c3ccc(F)c(C)c3)C(=O)C(=O)N2CCCOC(C)C)cc1OC. The van der Waals surface area contributed by atoms with Gasteiger partial charge in [0, 0.05) is 18.7 Å². The molecule has 1 saturated heterocycles. The quantitative estimate of drug-likeness (QED) is 0.253. The van der Waals surface area contributed by atoms with Gasteiger partial charge < -0.3 is 24.2 Å². The monoisotopic (exact) mass is 471 g/mol. The highest BCUT2D eigenvalue weighted by Gasteiger charge is 2.46. The van der Waals surface area contributed by atoms with E-state index in [1.54, 1.807) is 25.1 Å². The number of aliphatic hydroxyl groups is 1. The van der Waals surface area contributed by atoms with Crippen molar-refractivity contribution in [2.75, 3.05) is 27.4 Å². The van der Waals surface area contributed by atoms with E-state index in [1.165, 1.54) is 37.3 Å². The number of aliphatic hydroxyl groups excluding tert-OH is 1. The Bertz CT molecular complexity index is 1110. The van der Waals surface area contributed by atoms with E-state index in [-0.39, 0.29) is 29.5 Å². The second-order valence-electron chi connectivity index (χ2n) is 8.34. The van der Waals surface area contributed by atoms with E-state index in [1.807, 2.05) is 13.8 Å². The van der Waals surface area contributed by atoms with Gasteiger partial charge in [0.1, 0.15) is 11.6 Å². The van der Waals surface area contributed by atoms with Crippen molar-refractivity contribution in [3.63, 3.8) is 0 Å². The minimum atomic E-state index is -0.857. The molecule has 1 aliphatic heterocycles. The van der Waals surface area contributed by atoms with Crippen LogP contribution in [0.15, 0.2) is 42.0 Å². The summed E-state index contributed by atoms with van der Waals surface area (Å²) in [4.78, 5) is 27.6. The maximum absolute atomic E-state index is 13.8. The van der Waals surface area contributed by atoms with Crippen molar-refractivity contribution in [2.45, 2.75) is 39.3 Å². The number of methoxy groups -OCH3 is 2. The lowest BCUT2D eigenvalue weighted by molar-refractivity contribution is -0.140. The number of likely N-dealkylation sites (tertiary alicyclic amines) is 1. The van der Waals surface area contributed by atoms with Crippen molar-refractivity contribution in [2.24, 2.45) is 0 Å². The third-order valence-electron chi connectivity index (χ3n) is 5.69. The number of aryl methyl sites for hydroxylation is 1. The van der Waals surface area contributed by atoms with Crippen molar-refractivity contribution in [1.82, 2.24) is 4.90 Å². The van der Waals surface area contributed by atoms with Crippen LogP contribution in [0.4, 0.5) is 4.39 Å². The molecule has 34 heavy (non-hydrogen) atoms. The minimum absolute atomic E-state index is 0.0405. The predicted molar refractivity (Wildman–Crippen MR) is 125 cm³/mol. The molecular formula is C26H30FNO6. The number of rotatable bonds is 9. The number of carbonyl (C=O) groups is 2. The third kappa shape index (κ3) is 5.07. The number of hydrogen-bond acceptors (Lipinski definition) is 6. The fourth-order valence-corrected chi connectivity index (χ4v) is 3.98. The summed E-state index contributed by atoms with van der Waals surface area (Å²) in [5.41, 5.74) is 1.08. The Hall–Kier alpha value is -3.39. The maximum Gasteiger partial charge on any atom is 0.295 e. The Morgan fingerprint density at radius 3 is 2.41 bits per heavy atom. The Balaban J connectivity index is 2.11. The smallest absolute Gasteiger partial charge is 0.295 e. The van der Waals surface area contributed by atoms with Crippen LogP contribution >= 0.6 is 0 Å². The van der Waals surface area contributed by atoms with Crippen LogP contribution < -0.4 is 9.47 Å². The number of ether oxygens (including phenoxy) is 3. The molecule has 8 heteroatoms. The normalized spacial score (nSPS) is 17.5. The van der Waals surface area contributed by atoms with Gasteiger partial charge in [0.05, 0.1) is 31.9 Å². The molecule has 1 N–H and O–H groups in total. The third-order valence-corrected chi connectivity index (χ3v) is 5.69. The van der Waals surface area contributed by atoms with E-state index in [0.717, 1.165) is 0 Å². The summed E-state index contributed by atoms with van der Waals surface area (Å²) in [6, 6.07) is 8.26. The Labute approximate surface area is 198 Å². The van der Waals surface area contributed by atoms with E-state index in [2.05, 4.69) is 0 Å². The first-order valence-corrected chi connectivity index (χ1v) is 11.1. The van der Waals surface area contributed by atoms with Gasteiger partial charge in [-0.1, -0.05) is 6.07 Å². The van der Waals surface area contributed by atoms with Crippen LogP contribution in [0.2, 0.25) is 0 Å². The summed E-state index contributed by atoms with van der Waals surface area (Å²) in [5.74, 6) is -1.40. The molecule has 1 fully saturated rings. The lowest BCUT2D eigenvalue weighted by atomic mass is 9.94. The lowest BCUT2D eigenvalue weighted by Crippen LogP contribution is -2.31. The average Bonchev–Trinajstić information content (AvgIpc) is 3.07. The molecule has 1 atom stereocenters. The topological polar surface area (TPSA) is 85.3 Å². The van der Waals surface area contributed by atoms with E-state index in [4.69, 9.17) is 14.2 Å². The molecule has 1 unspecified atom stereocenters. The van der Waals surface area contributed by atoms with Gasteiger partial charge >= 0.3 is 0 Å². The summed E-state index contributed by atoms with van der Waals surface area (Å²) < 4.78 is 30.1. The molecule has 0 spiro atoms. The summed E-state index contributed by atoms with van der Waals surface area (Å²) in [5, 5.41) is 11.1. The summed E-state index contributed by atoms with van der Waals surface area (Å²) in [6.45, 7) is 6.05. The van der Waals surface area contributed by atoms with Gasteiger partial charge in [-0.05, 0) is 68.7 Å². The molecule has 1 aliphatic rings. The molecule has 0 saturated carbocycles. The second kappa shape index (κ2) is 10.7. The summed E-state index contributed by atoms with van der Waals surface area (Å²) in [6.07, 6.45) is 0.545. The largest absolute Gasteiger partial charge is 0.507 e. The first-order chi connectivity index (χ1) is 16.2. The number of halogens is 1. The molecule has 2 aromatic carbocycles. The number of Topliss-reactive ketones (excluding diaryl/α,β-unsaturated/α-hetero) is 1. The van der Waals surface area contributed by atoms with Gasteiger partial charge in [-0.25, -0.2) is 4.39 Å². The highest BCUT2D eigenvalue weighted by Crippen LogP contribution is 2.42. The molecule has 2 aromatic rings. The zero-order valence-corrected chi connectivity index (χ0v) is 20.1. The van der Waals surface area contributed by atoms with Gasteiger partial charge in [0.25, 0.3) is 11.7 Å². The highest BCUT2D eigenvalue weighted by atomic mass is 19.1. The van der Waals surface area contributed by atoms with Crippen LogP contribution in [0.5, 0.6) is 11.5 Å². The Morgan fingerprint density at radius 2 is 1.79 bits per heavy atom. The number of benzene rings is 2. The molecule has 1 heterocycles. The van der Waals surface area contributed by atoms with Gasteiger partial charge in [0.15, 0.2) is 11.5 Å². The van der Waals surface area contributed by atoms with E-state index in [0.29, 0.717) is 35.7 Å². The van der Waals surface area contributed by atoms with Gasteiger partial charge in [-0.3, -0.25) is 9.59 Å². The standard InChI is InChI=1S/C26H30FNO6/c1-15(2)34-12-6-11-28-23(17-8-10-20(32-4)21(14-17)33-5)22(25(30)26(28)31)24(29)18-7-9-19(27)16(3)13-18/h7-10,13-15,23,29H,6,11-12H2,1-5H3/b24-22-. The summed E-state index contributed by atoms with van der Waals surface area (Å²) >= 11 is 0. The molecule has 3 rings (SSSR count). The Morgan fingerprint density at radius 1 is 1.09 bits per heavy atom. The van der Waals surface area contributed by atoms with E-state index >= 15 is 0 Å². The maximum atomic E-state index is 13.8. The van der Waals surface area contributed by atoms with Crippen molar-refractivity contribution < 1.29 is 33.3 Å². The number of carbonyl (C=O) groups excluding carboxylic acids is 2. The number of ketones is 1. The zero-order chi connectivity index (χ0) is 25.0. The molecule has 182 valence electrons. The fraction of sp³-hybridized carbons (Fsp3) is 0.385. The van der Waals surface area contributed by atoms with Crippen LogP contribution in [0.3, 0.4) is 0 Å². The fourth-order valence-electron chi connectivity index (χ4n) is 3.98. The summed E-state index contributed by atoms with van der Waals surface area (Å²) in [7, 11) is 3.00. The minimum Gasteiger partial charge on any atom is -0.507 e. The molecule has 0 bridgehead atoms. The second-order valence-corrected chi connectivity index (χ2v) is 8.34. The van der Waals surface area contributed by atoms with Crippen molar-refractivity contribution in [3.05, 3.63) is 64.5 Å². The lowest BCUT2D eigenvalue weighted by Gasteiger charge is -2.26. The molecule has 1 amide bonds. The highest BCUT2D eigenvalue weighted by molar-refractivity contribution is 6.46. The average molecular weight is 472 g/mol. The van der Waals surface area contributed by atoms with Gasteiger partial charge in [0.2, 0.25) is 0 Å². The van der Waals surface area contributed by atoms with Crippen LogP contribution in [-0.4, -0.2) is 55.2 Å². The predicted octanol–water partition coefficient (Wildman–Crippen LogP) is 4.39. The molecule has 0 radical (unpaired) electrons. The van der Waals surface area contributed by atoms with Gasteiger partial charge in [-0.2, -0.15) is 0 Å². The molecular weight excluding hydrogens is 441 g/mol. The van der Waals surface area contributed by atoms with E-state index in [9.17, 15) is 19.1 Å². The Kier molecular flexibility index (Phi) is 7.94. The molecule has 7 nitrogen and oxygen atoms in total. The zero-order valence-electron chi connectivity index (χ0n) is 20.1. The number of nitrogens with zero attached hydrogens (tertiary/aromatic N) is 1. The first-order valence-electron chi connectivity index (χ1n) is 11.1. The number of amides is 1. The van der Waals surface area contributed by atoms with E-state index < -0.39 is 23.5 Å². The van der Waals surface area contributed by atoms with Crippen LogP contribution in [0.25, 0.3) is 5.76 Å². The van der Waals surface area contributed by atoms with Gasteiger partial charge in [-0.15, -0.1) is 0 Å². The first kappa shape index (κ1) is 25.2. The van der Waals surface area contributed by atoms with Crippen molar-refractivity contribution >= 4 is 17.4 Å². The molecule has 0 aromatic heterocycles. The van der Waals surface area contributed by atoms with Crippen LogP contribution in [-0.2, 0) is 14.3 Å². The number of hydrogen-bond donors (Lipinski definition) is 1.